The van der Waals surface area contributed by atoms with Gasteiger partial charge in [0.1, 0.15) is 0 Å². The van der Waals surface area contributed by atoms with Crippen LogP contribution < -0.4 is 4.90 Å². The fourth-order valence-electron chi connectivity index (χ4n) is 3.09. The van der Waals surface area contributed by atoms with Crippen LogP contribution in [-0.4, -0.2) is 46.1 Å². The van der Waals surface area contributed by atoms with Crippen molar-refractivity contribution in [1.82, 2.24) is 19.7 Å². The topological polar surface area (TPSA) is 56.1 Å². The molecule has 130 valence electrons. The molecule has 0 spiro atoms. The number of rotatable bonds is 5. The lowest BCUT2D eigenvalue weighted by molar-refractivity contribution is 0.121. The SMILES string of the molecule is CCn1c(SCc2cccc3cccnc23)nnc1N1CCOCC1. The lowest BCUT2D eigenvalue weighted by Gasteiger charge is -2.27. The molecular weight excluding hydrogens is 334 g/mol. The first-order valence-electron chi connectivity index (χ1n) is 8.58. The summed E-state index contributed by atoms with van der Waals surface area (Å²) in [5.41, 5.74) is 2.29. The van der Waals surface area contributed by atoms with Crippen molar-refractivity contribution in [3.05, 3.63) is 42.1 Å². The number of hydrogen-bond donors (Lipinski definition) is 0. The van der Waals surface area contributed by atoms with Gasteiger partial charge in [0.2, 0.25) is 5.95 Å². The van der Waals surface area contributed by atoms with Gasteiger partial charge in [-0.25, -0.2) is 0 Å². The average Bonchev–Trinajstić information content (AvgIpc) is 3.10. The highest BCUT2D eigenvalue weighted by atomic mass is 32.2. The maximum absolute atomic E-state index is 5.44. The summed E-state index contributed by atoms with van der Waals surface area (Å²) >= 11 is 1.72. The molecule has 0 atom stereocenters. The Balaban J connectivity index is 1.55. The smallest absolute Gasteiger partial charge is 0.228 e. The summed E-state index contributed by atoms with van der Waals surface area (Å²) in [5.74, 6) is 1.78. The minimum absolute atomic E-state index is 0.751. The number of aromatic nitrogens is 4. The van der Waals surface area contributed by atoms with E-state index in [0.29, 0.717) is 0 Å². The molecule has 0 N–H and O–H groups in total. The normalized spacial score (nSPS) is 15.0. The van der Waals surface area contributed by atoms with E-state index < -0.39 is 0 Å². The summed E-state index contributed by atoms with van der Waals surface area (Å²) in [6.07, 6.45) is 1.85. The molecule has 7 heteroatoms. The van der Waals surface area contributed by atoms with Crippen molar-refractivity contribution >= 4 is 28.6 Å². The first-order chi connectivity index (χ1) is 12.4. The standard InChI is InChI=1S/C18H21N5OS/c1-2-23-17(22-9-11-24-12-10-22)20-21-18(23)25-13-15-6-3-5-14-7-4-8-19-16(14)15/h3-8H,2,9-13H2,1H3. The summed E-state index contributed by atoms with van der Waals surface area (Å²) in [6, 6.07) is 10.4. The minimum Gasteiger partial charge on any atom is -0.378 e. The second kappa shape index (κ2) is 7.41. The minimum atomic E-state index is 0.751. The molecule has 0 amide bonds. The molecule has 4 rings (SSSR count). The number of anilines is 1. The Bertz CT molecular complexity index is 854. The molecule has 1 fully saturated rings. The van der Waals surface area contributed by atoms with Gasteiger partial charge in [0, 0.05) is 37.0 Å². The van der Waals surface area contributed by atoms with Crippen LogP contribution in [0.25, 0.3) is 10.9 Å². The number of pyridine rings is 1. The number of fused-ring (bicyclic) bond motifs is 1. The van der Waals surface area contributed by atoms with Crippen LogP contribution in [0.15, 0.2) is 41.7 Å². The molecule has 1 aliphatic rings. The third kappa shape index (κ3) is 3.34. The fourth-order valence-corrected chi connectivity index (χ4v) is 4.07. The van der Waals surface area contributed by atoms with Gasteiger partial charge in [0.25, 0.3) is 0 Å². The molecular formula is C18H21N5OS. The van der Waals surface area contributed by atoms with E-state index in [1.54, 1.807) is 11.8 Å². The molecule has 0 saturated carbocycles. The van der Waals surface area contributed by atoms with Gasteiger partial charge in [-0.05, 0) is 18.6 Å². The van der Waals surface area contributed by atoms with Crippen LogP contribution in [-0.2, 0) is 17.0 Å². The maximum Gasteiger partial charge on any atom is 0.228 e. The highest BCUT2D eigenvalue weighted by Crippen LogP contribution is 2.28. The predicted molar refractivity (Wildman–Crippen MR) is 100 cm³/mol. The molecule has 1 aromatic carbocycles. The van der Waals surface area contributed by atoms with Crippen molar-refractivity contribution in [2.45, 2.75) is 24.4 Å². The van der Waals surface area contributed by atoms with E-state index in [-0.39, 0.29) is 0 Å². The first-order valence-corrected chi connectivity index (χ1v) is 9.56. The second-order valence-corrected chi connectivity index (χ2v) is 6.85. The number of hydrogen-bond acceptors (Lipinski definition) is 6. The van der Waals surface area contributed by atoms with E-state index in [4.69, 9.17) is 4.74 Å². The zero-order chi connectivity index (χ0) is 17.1. The summed E-state index contributed by atoms with van der Waals surface area (Å²) < 4.78 is 7.63. The molecule has 3 aromatic rings. The molecule has 0 aliphatic carbocycles. The van der Waals surface area contributed by atoms with Gasteiger partial charge in [-0.1, -0.05) is 36.0 Å². The number of morpholine rings is 1. The molecule has 0 unspecified atom stereocenters. The Morgan fingerprint density at radius 2 is 1.96 bits per heavy atom. The number of benzene rings is 1. The zero-order valence-electron chi connectivity index (χ0n) is 14.3. The van der Waals surface area contributed by atoms with Gasteiger partial charge >= 0.3 is 0 Å². The molecule has 1 aliphatic heterocycles. The summed E-state index contributed by atoms with van der Waals surface area (Å²) in [7, 11) is 0. The van der Waals surface area contributed by atoms with Crippen molar-refractivity contribution in [2.75, 3.05) is 31.2 Å². The predicted octanol–water partition coefficient (Wildman–Crippen LogP) is 2.98. The quantitative estimate of drug-likeness (QED) is 0.656. The van der Waals surface area contributed by atoms with E-state index in [1.165, 1.54) is 10.9 Å². The summed E-state index contributed by atoms with van der Waals surface area (Å²) in [4.78, 5) is 6.79. The number of para-hydroxylation sites is 1. The Hall–Kier alpha value is -2.12. The van der Waals surface area contributed by atoms with Crippen LogP contribution in [0.4, 0.5) is 5.95 Å². The average molecular weight is 355 g/mol. The lowest BCUT2D eigenvalue weighted by Crippen LogP contribution is -2.38. The third-order valence-electron chi connectivity index (χ3n) is 4.38. The van der Waals surface area contributed by atoms with Crippen LogP contribution in [0.3, 0.4) is 0 Å². The van der Waals surface area contributed by atoms with Gasteiger partial charge in [0.15, 0.2) is 5.16 Å². The van der Waals surface area contributed by atoms with E-state index in [9.17, 15) is 0 Å². The molecule has 0 bridgehead atoms. The number of thioether (sulfide) groups is 1. The van der Waals surface area contributed by atoms with Crippen molar-refractivity contribution in [3.63, 3.8) is 0 Å². The zero-order valence-corrected chi connectivity index (χ0v) is 15.1. The van der Waals surface area contributed by atoms with Gasteiger partial charge in [-0.15, -0.1) is 10.2 Å². The molecule has 3 heterocycles. The lowest BCUT2D eigenvalue weighted by atomic mass is 10.1. The monoisotopic (exact) mass is 355 g/mol. The molecule has 2 aromatic heterocycles. The Labute approximate surface area is 151 Å². The van der Waals surface area contributed by atoms with Crippen molar-refractivity contribution in [2.24, 2.45) is 0 Å². The summed E-state index contributed by atoms with van der Waals surface area (Å²) in [6.45, 7) is 6.24. The molecule has 6 nitrogen and oxygen atoms in total. The van der Waals surface area contributed by atoms with E-state index >= 15 is 0 Å². The van der Waals surface area contributed by atoms with E-state index in [0.717, 1.165) is 55.2 Å². The molecule has 1 saturated heterocycles. The highest BCUT2D eigenvalue weighted by Gasteiger charge is 2.19. The summed E-state index contributed by atoms with van der Waals surface area (Å²) in [5, 5.41) is 11.0. The van der Waals surface area contributed by atoms with E-state index in [2.05, 4.69) is 55.8 Å². The largest absolute Gasteiger partial charge is 0.378 e. The Kier molecular flexibility index (Phi) is 4.85. The maximum atomic E-state index is 5.44. The van der Waals surface area contributed by atoms with Crippen LogP contribution in [0, 0.1) is 0 Å². The number of nitrogens with zero attached hydrogens (tertiary/aromatic N) is 5. The Morgan fingerprint density at radius 1 is 1.12 bits per heavy atom. The number of ether oxygens (including phenoxy) is 1. The van der Waals surface area contributed by atoms with Gasteiger partial charge in [-0.2, -0.15) is 0 Å². The van der Waals surface area contributed by atoms with Crippen molar-refractivity contribution in [3.8, 4) is 0 Å². The van der Waals surface area contributed by atoms with Crippen LogP contribution in [0.5, 0.6) is 0 Å². The fraction of sp³-hybridized carbons (Fsp3) is 0.389. The van der Waals surface area contributed by atoms with Crippen LogP contribution in [0.2, 0.25) is 0 Å². The van der Waals surface area contributed by atoms with Gasteiger partial charge in [0.05, 0.1) is 18.7 Å². The first kappa shape index (κ1) is 16.4. The van der Waals surface area contributed by atoms with Gasteiger partial charge < -0.3 is 9.64 Å². The molecule has 0 radical (unpaired) electrons. The highest BCUT2D eigenvalue weighted by molar-refractivity contribution is 7.98. The van der Waals surface area contributed by atoms with Crippen LogP contribution >= 0.6 is 11.8 Å². The second-order valence-electron chi connectivity index (χ2n) is 5.91. The Morgan fingerprint density at radius 3 is 2.80 bits per heavy atom. The van der Waals surface area contributed by atoms with Crippen molar-refractivity contribution < 1.29 is 4.74 Å². The van der Waals surface area contributed by atoms with Gasteiger partial charge in [-0.3, -0.25) is 9.55 Å². The third-order valence-corrected chi connectivity index (χ3v) is 5.40. The van der Waals surface area contributed by atoms with E-state index in [1.807, 2.05) is 12.3 Å². The van der Waals surface area contributed by atoms with Crippen LogP contribution in [0.1, 0.15) is 12.5 Å². The van der Waals surface area contributed by atoms with Crippen molar-refractivity contribution in [1.29, 1.82) is 0 Å². The molecule has 25 heavy (non-hydrogen) atoms.